The highest BCUT2D eigenvalue weighted by Gasteiger charge is 2.61. The number of aromatic nitrogens is 1. The van der Waals surface area contributed by atoms with Gasteiger partial charge >= 0.3 is 6.18 Å². The van der Waals surface area contributed by atoms with Gasteiger partial charge in [0.05, 0.1) is 0 Å². The smallest absolute Gasteiger partial charge is 0.358 e. The van der Waals surface area contributed by atoms with Gasteiger partial charge in [0.25, 0.3) is 0 Å². The van der Waals surface area contributed by atoms with Crippen LogP contribution in [0.2, 0.25) is 0 Å². The Morgan fingerprint density at radius 1 is 1.53 bits per heavy atom. The highest BCUT2D eigenvalue weighted by molar-refractivity contribution is 5.87. The Morgan fingerprint density at radius 2 is 2.18 bits per heavy atom. The minimum atomic E-state index is -4.35. The van der Waals surface area contributed by atoms with Crippen molar-refractivity contribution in [2.24, 2.45) is 0 Å². The van der Waals surface area contributed by atoms with E-state index in [2.05, 4.69) is 10.5 Å². The van der Waals surface area contributed by atoms with E-state index in [0.29, 0.717) is 6.42 Å². The maximum absolute atomic E-state index is 12.9. The fourth-order valence-electron chi connectivity index (χ4n) is 1.94. The Kier molecular flexibility index (Phi) is 2.63. The van der Waals surface area contributed by atoms with Crippen LogP contribution in [-0.2, 0) is 10.2 Å². The number of amides is 1. The molecule has 0 aliphatic heterocycles. The minimum Gasteiger partial charge on any atom is -0.358 e. The summed E-state index contributed by atoms with van der Waals surface area (Å²) in [6.07, 6.45) is -3.83. The van der Waals surface area contributed by atoms with Gasteiger partial charge in [-0.3, -0.25) is 4.79 Å². The van der Waals surface area contributed by atoms with Crippen LogP contribution in [0.1, 0.15) is 31.9 Å². The molecule has 1 aliphatic carbocycles. The maximum Gasteiger partial charge on any atom is 0.401 e. The molecule has 1 aromatic heterocycles. The number of hydrogen-bond donors (Lipinski definition) is 1. The van der Waals surface area contributed by atoms with Crippen LogP contribution in [0.3, 0.4) is 0 Å². The highest BCUT2D eigenvalue weighted by atomic mass is 19.4. The van der Waals surface area contributed by atoms with Gasteiger partial charge in [0.15, 0.2) is 11.6 Å². The number of alkyl halides is 3. The molecule has 2 rings (SSSR count). The van der Waals surface area contributed by atoms with E-state index < -0.39 is 17.5 Å². The van der Waals surface area contributed by atoms with Crippen LogP contribution in [-0.4, -0.2) is 17.2 Å². The lowest BCUT2D eigenvalue weighted by Gasteiger charge is -2.40. The summed E-state index contributed by atoms with van der Waals surface area (Å²) in [5.41, 5.74) is -1.92. The van der Waals surface area contributed by atoms with Gasteiger partial charge in [-0.25, -0.2) is 0 Å². The number of halogens is 3. The molecule has 7 heteroatoms. The zero-order valence-corrected chi connectivity index (χ0v) is 9.10. The minimum absolute atomic E-state index is 0.00516. The molecule has 0 radical (unpaired) electrons. The van der Waals surface area contributed by atoms with Crippen molar-refractivity contribution < 1.29 is 22.5 Å². The Morgan fingerprint density at radius 3 is 2.59 bits per heavy atom. The Labute approximate surface area is 95.2 Å². The van der Waals surface area contributed by atoms with Crippen LogP contribution >= 0.6 is 0 Å². The molecule has 0 bridgehead atoms. The number of carbonyl (C=O) groups is 1. The number of nitrogens with zero attached hydrogens (tertiary/aromatic N) is 1. The fourth-order valence-corrected chi connectivity index (χ4v) is 1.94. The fraction of sp³-hybridized carbons (Fsp3) is 0.600. The predicted octanol–water partition coefficient (Wildman–Crippen LogP) is 2.62. The molecule has 0 aromatic carbocycles. The topological polar surface area (TPSA) is 55.1 Å². The molecule has 0 unspecified atom stereocenters. The molecule has 17 heavy (non-hydrogen) atoms. The quantitative estimate of drug-likeness (QED) is 0.875. The molecular formula is C10H11F3N2O2. The molecule has 1 heterocycles. The molecular weight excluding hydrogens is 237 g/mol. The van der Waals surface area contributed by atoms with Crippen LogP contribution in [0.15, 0.2) is 10.6 Å². The molecule has 0 atom stereocenters. The summed E-state index contributed by atoms with van der Waals surface area (Å²) in [4.78, 5) is 10.7. The summed E-state index contributed by atoms with van der Waals surface area (Å²) < 4.78 is 43.5. The van der Waals surface area contributed by atoms with Gasteiger partial charge in [0, 0.05) is 13.0 Å². The second-order valence-corrected chi connectivity index (χ2v) is 4.19. The number of carbonyl (C=O) groups excluding carboxylic acids is 1. The number of rotatable bonds is 2. The van der Waals surface area contributed by atoms with Crippen LogP contribution in [0, 0.1) is 0 Å². The summed E-state index contributed by atoms with van der Waals surface area (Å²) in [6.45, 7) is 1.25. The predicted molar refractivity (Wildman–Crippen MR) is 52.4 cm³/mol. The molecule has 94 valence electrons. The van der Waals surface area contributed by atoms with Crippen molar-refractivity contribution >= 4 is 11.7 Å². The van der Waals surface area contributed by atoms with E-state index in [1.165, 1.54) is 6.92 Å². The second-order valence-electron chi connectivity index (χ2n) is 4.19. The van der Waals surface area contributed by atoms with Gasteiger partial charge in [-0.05, 0) is 12.8 Å². The summed E-state index contributed by atoms with van der Waals surface area (Å²) in [6, 6.07) is 1.15. The number of hydrogen-bond acceptors (Lipinski definition) is 3. The van der Waals surface area contributed by atoms with Crippen molar-refractivity contribution in [1.29, 1.82) is 0 Å². The summed E-state index contributed by atoms with van der Waals surface area (Å²) in [5.74, 6) is -0.609. The Bertz CT molecular complexity index is 435. The van der Waals surface area contributed by atoms with Crippen LogP contribution in [0.25, 0.3) is 0 Å². The van der Waals surface area contributed by atoms with Crippen LogP contribution in [0.4, 0.5) is 19.0 Å². The van der Waals surface area contributed by atoms with E-state index in [1.807, 2.05) is 0 Å². The first-order valence-electron chi connectivity index (χ1n) is 5.17. The number of anilines is 1. The molecule has 1 N–H and O–H groups in total. The molecule has 1 saturated carbocycles. The zero-order valence-electron chi connectivity index (χ0n) is 9.10. The molecule has 1 aliphatic rings. The molecule has 0 spiro atoms. The van der Waals surface area contributed by atoms with Crippen molar-refractivity contribution in [2.45, 2.75) is 37.8 Å². The molecule has 1 aromatic rings. The summed E-state index contributed by atoms with van der Waals surface area (Å²) >= 11 is 0. The van der Waals surface area contributed by atoms with Crippen molar-refractivity contribution in [3.63, 3.8) is 0 Å². The molecule has 1 fully saturated rings. The third-order valence-electron chi connectivity index (χ3n) is 3.04. The molecule has 0 saturated heterocycles. The zero-order chi connectivity index (χ0) is 12.7. The standard InChI is InChI=1S/C10H11F3N2O2/c1-6(16)14-8-5-7(17-15-8)9(3-2-4-9)10(11,12)13/h5H,2-4H2,1H3,(H,14,15,16). The Hall–Kier alpha value is -1.53. The third kappa shape index (κ3) is 1.89. The van der Waals surface area contributed by atoms with Crippen LogP contribution < -0.4 is 5.32 Å². The first kappa shape index (κ1) is 11.9. The van der Waals surface area contributed by atoms with E-state index in [0.717, 1.165) is 6.07 Å². The van der Waals surface area contributed by atoms with E-state index in [9.17, 15) is 18.0 Å². The maximum atomic E-state index is 12.9. The number of nitrogens with one attached hydrogen (secondary N) is 1. The van der Waals surface area contributed by atoms with E-state index in [4.69, 9.17) is 4.52 Å². The normalized spacial score (nSPS) is 18.6. The lowest BCUT2D eigenvalue weighted by Crippen LogP contribution is -2.47. The average molecular weight is 248 g/mol. The Balaban J connectivity index is 2.27. The van der Waals surface area contributed by atoms with Gasteiger partial charge in [-0.15, -0.1) is 0 Å². The third-order valence-corrected chi connectivity index (χ3v) is 3.04. The van der Waals surface area contributed by atoms with Gasteiger partial charge in [-0.2, -0.15) is 13.2 Å². The van der Waals surface area contributed by atoms with Crippen molar-refractivity contribution in [3.05, 3.63) is 11.8 Å². The summed E-state index contributed by atoms with van der Waals surface area (Å²) in [7, 11) is 0. The largest absolute Gasteiger partial charge is 0.401 e. The molecule has 4 nitrogen and oxygen atoms in total. The molecule has 1 amide bonds. The first-order chi connectivity index (χ1) is 7.85. The highest BCUT2D eigenvalue weighted by Crippen LogP contribution is 2.54. The van der Waals surface area contributed by atoms with Gasteiger partial charge in [0.1, 0.15) is 5.41 Å². The van der Waals surface area contributed by atoms with Crippen molar-refractivity contribution in [1.82, 2.24) is 5.16 Å². The van der Waals surface area contributed by atoms with Crippen LogP contribution in [0.5, 0.6) is 0 Å². The van der Waals surface area contributed by atoms with Gasteiger partial charge in [-0.1, -0.05) is 11.6 Å². The second kappa shape index (κ2) is 3.75. The van der Waals surface area contributed by atoms with E-state index in [-0.39, 0.29) is 24.4 Å². The van der Waals surface area contributed by atoms with E-state index >= 15 is 0 Å². The van der Waals surface area contributed by atoms with E-state index in [1.54, 1.807) is 0 Å². The lowest BCUT2D eigenvalue weighted by molar-refractivity contribution is -0.218. The lowest BCUT2D eigenvalue weighted by atomic mass is 9.66. The van der Waals surface area contributed by atoms with Crippen molar-refractivity contribution in [2.75, 3.05) is 5.32 Å². The monoisotopic (exact) mass is 248 g/mol. The SMILES string of the molecule is CC(=O)Nc1cc(C2(C(F)(F)F)CCC2)on1. The van der Waals surface area contributed by atoms with Gasteiger partial charge in [0.2, 0.25) is 5.91 Å². The first-order valence-corrected chi connectivity index (χ1v) is 5.17. The van der Waals surface area contributed by atoms with Crippen molar-refractivity contribution in [3.8, 4) is 0 Å². The average Bonchev–Trinajstić information content (AvgIpc) is 2.46. The van der Waals surface area contributed by atoms with Gasteiger partial charge < -0.3 is 9.84 Å². The summed E-state index contributed by atoms with van der Waals surface area (Å²) in [5, 5.41) is 5.70.